The summed E-state index contributed by atoms with van der Waals surface area (Å²) in [6.07, 6.45) is 0. The van der Waals surface area contributed by atoms with Crippen molar-refractivity contribution in [3.63, 3.8) is 0 Å². The highest BCUT2D eigenvalue weighted by Gasteiger charge is 2.17. The fraction of sp³-hybridized carbons (Fsp3) is 0.333. The molecule has 2 aromatic rings. The molecule has 0 aromatic heterocycles. The van der Waals surface area contributed by atoms with E-state index < -0.39 is 0 Å². The fourth-order valence-corrected chi connectivity index (χ4v) is 3.52. The molecule has 0 aliphatic heterocycles. The Hall–Kier alpha value is -1.03. The van der Waals surface area contributed by atoms with Crippen LogP contribution >= 0.6 is 35.0 Å². The topological polar surface area (TPSA) is 18.5 Å². The van der Waals surface area contributed by atoms with E-state index in [2.05, 4.69) is 0 Å². The number of thioether (sulfide) groups is 1. The maximum atomic E-state index is 6.07. The van der Waals surface area contributed by atoms with Crippen molar-refractivity contribution < 1.29 is 9.47 Å². The SMILES string of the molecule is ClCC(COc1ccccc1)SC(CCl)COc1ccccc1. The molecule has 23 heavy (non-hydrogen) atoms. The highest BCUT2D eigenvalue weighted by molar-refractivity contribution is 8.00. The van der Waals surface area contributed by atoms with Gasteiger partial charge in [-0.05, 0) is 24.3 Å². The fourth-order valence-electron chi connectivity index (χ4n) is 1.92. The van der Waals surface area contributed by atoms with Gasteiger partial charge in [0, 0.05) is 11.8 Å². The van der Waals surface area contributed by atoms with Crippen LogP contribution in [-0.4, -0.2) is 35.5 Å². The van der Waals surface area contributed by atoms with E-state index in [1.165, 1.54) is 0 Å². The number of ether oxygens (including phenoxy) is 2. The standard InChI is InChI=1S/C18H20Cl2O2S/c19-11-17(13-21-15-7-3-1-4-8-15)23-18(12-20)14-22-16-9-5-2-6-10-16/h1-10,17-18H,11-14H2. The zero-order chi connectivity index (χ0) is 16.3. The average Bonchev–Trinajstić information content (AvgIpc) is 2.63. The Bertz CT molecular complexity index is 490. The first-order valence-electron chi connectivity index (χ1n) is 7.45. The molecule has 2 unspecified atom stereocenters. The molecule has 0 saturated carbocycles. The molecule has 0 N–H and O–H groups in total. The van der Waals surface area contributed by atoms with E-state index in [4.69, 9.17) is 32.7 Å². The molecular weight excluding hydrogens is 351 g/mol. The Morgan fingerprint density at radius 2 is 1.09 bits per heavy atom. The molecule has 5 heteroatoms. The van der Waals surface area contributed by atoms with Crippen molar-refractivity contribution in [3.05, 3.63) is 60.7 Å². The molecule has 0 radical (unpaired) electrons. The van der Waals surface area contributed by atoms with Gasteiger partial charge in [-0.3, -0.25) is 0 Å². The maximum Gasteiger partial charge on any atom is 0.119 e. The van der Waals surface area contributed by atoms with Crippen molar-refractivity contribution in [2.24, 2.45) is 0 Å². The van der Waals surface area contributed by atoms with Gasteiger partial charge in [-0.1, -0.05) is 36.4 Å². The molecule has 0 amide bonds. The van der Waals surface area contributed by atoms with Crippen LogP contribution in [0.25, 0.3) is 0 Å². The third-order valence-electron chi connectivity index (χ3n) is 3.09. The second-order valence-corrected chi connectivity index (χ2v) is 7.16. The van der Waals surface area contributed by atoms with Crippen molar-refractivity contribution >= 4 is 35.0 Å². The molecule has 0 heterocycles. The molecule has 2 rings (SSSR count). The van der Waals surface area contributed by atoms with Gasteiger partial charge in [0.15, 0.2) is 0 Å². The Balaban J connectivity index is 1.78. The average molecular weight is 371 g/mol. The van der Waals surface area contributed by atoms with Crippen LogP contribution in [0.2, 0.25) is 0 Å². The molecule has 124 valence electrons. The van der Waals surface area contributed by atoms with E-state index in [-0.39, 0.29) is 10.5 Å². The third kappa shape index (κ3) is 6.94. The number of halogens is 2. The van der Waals surface area contributed by atoms with Gasteiger partial charge >= 0.3 is 0 Å². The summed E-state index contributed by atoms with van der Waals surface area (Å²) >= 11 is 13.8. The first-order chi connectivity index (χ1) is 11.3. The lowest BCUT2D eigenvalue weighted by Crippen LogP contribution is -2.25. The number of alkyl halides is 2. The normalized spacial score (nSPS) is 13.3. The molecule has 0 fully saturated rings. The number of hydrogen-bond acceptors (Lipinski definition) is 3. The zero-order valence-corrected chi connectivity index (χ0v) is 15.1. The molecule has 2 atom stereocenters. The van der Waals surface area contributed by atoms with Crippen LogP contribution in [0.4, 0.5) is 0 Å². The summed E-state index contributed by atoms with van der Waals surface area (Å²) in [6, 6.07) is 19.5. The van der Waals surface area contributed by atoms with Crippen molar-refractivity contribution in [2.45, 2.75) is 10.5 Å². The maximum absolute atomic E-state index is 6.07. The molecule has 0 bridgehead atoms. The van der Waals surface area contributed by atoms with E-state index >= 15 is 0 Å². The molecule has 0 spiro atoms. The first-order valence-corrected chi connectivity index (χ1v) is 9.46. The van der Waals surface area contributed by atoms with Crippen molar-refractivity contribution in [1.82, 2.24) is 0 Å². The lowest BCUT2D eigenvalue weighted by Gasteiger charge is -2.21. The van der Waals surface area contributed by atoms with Crippen LogP contribution in [0.1, 0.15) is 0 Å². The van der Waals surface area contributed by atoms with E-state index in [1.54, 1.807) is 11.8 Å². The van der Waals surface area contributed by atoms with Gasteiger partial charge in [-0.2, -0.15) is 0 Å². The highest BCUT2D eigenvalue weighted by atomic mass is 35.5. The predicted molar refractivity (Wildman–Crippen MR) is 100 cm³/mol. The Morgan fingerprint density at radius 3 is 1.43 bits per heavy atom. The van der Waals surface area contributed by atoms with Crippen LogP contribution in [0.5, 0.6) is 11.5 Å². The van der Waals surface area contributed by atoms with Gasteiger partial charge in [0.1, 0.15) is 24.7 Å². The van der Waals surface area contributed by atoms with Gasteiger partial charge in [0.2, 0.25) is 0 Å². The Kier molecular flexibility index (Phi) is 8.51. The summed E-state index contributed by atoms with van der Waals surface area (Å²) in [5, 5.41) is 0.333. The number of hydrogen-bond donors (Lipinski definition) is 0. The highest BCUT2D eigenvalue weighted by Crippen LogP contribution is 2.23. The smallest absolute Gasteiger partial charge is 0.119 e. The summed E-state index contributed by atoms with van der Waals surface area (Å²) in [7, 11) is 0. The second-order valence-electron chi connectivity index (χ2n) is 4.94. The van der Waals surface area contributed by atoms with Gasteiger partial charge in [0.05, 0.1) is 10.5 Å². The van der Waals surface area contributed by atoms with Crippen LogP contribution in [0, 0.1) is 0 Å². The van der Waals surface area contributed by atoms with Gasteiger partial charge in [-0.15, -0.1) is 35.0 Å². The molecular formula is C18H20Cl2O2S. The summed E-state index contributed by atoms with van der Waals surface area (Å²) in [6.45, 7) is 1.10. The number of para-hydroxylation sites is 2. The Labute approximate surface area is 152 Å². The van der Waals surface area contributed by atoms with Crippen LogP contribution in [0.3, 0.4) is 0 Å². The van der Waals surface area contributed by atoms with Gasteiger partial charge < -0.3 is 9.47 Å². The molecule has 2 nitrogen and oxygen atoms in total. The summed E-state index contributed by atoms with van der Waals surface area (Å²) in [5.74, 6) is 2.73. The van der Waals surface area contributed by atoms with Gasteiger partial charge in [0.25, 0.3) is 0 Å². The van der Waals surface area contributed by atoms with E-state index in [0.717, 1.165) is 11.5 Å². The molecule has 2 aromatic carbocycles. The predicted octanol–water partition coefficient (Wildman–Crippen LogP) is 5.09. The summed E-state index contributed by atoms with van der Waals surface area (Å²) < 4.78 is 11.6. The number of rotatable bonds is 10. The molecule has 0 saturated heterocycles. The minimum Gasteiger partial charge on any atom is -0.492 e. The molecule has 0 aliphatic rings. The van der Waals surface area contributed by atoms with Gasteiger partial charge in [-0.25, -0.2) is 0 Å². The summed E-state index contributed by atoms with van der Waals surface area (Å²) in [4.78, 5) is 0. The Morgan fingerprint density at radius 1 is 0.696 bits per heavy atom. The van der Waals surface area contributed by atoms with Crippen molar-refractivity contribution in [1.29, 1.82) is 0 Å². The van der Waals surface area contributed by atoms with Crippen LogP contribution in [0.15, 0.2) is 60.7 Å². The molecule has 0 aliphatic carbocycles. The summed E-state index contributed by atoms with van der Waals surface area (Å²) in [5.41, 5.74) is 0. The van der Waals surface area contributed by atoms with E-state index in [1.807, 2.05) is 60.7 Å². The minimum absolute atomic E-state index is 0.167. The van der Waals surface area contributed by atoms with Crippen molar-refractivity contribution in [2.75, 3.05) is 25.0 Å². The monoisotopic (exact) mass is 370 g/mol. The van der Waals surface area contributed by atoms with E-state index in [0.29, 0.717) is 25.0 Å². The third-order valence-corrected chi connectivity index (χ3v) is 5.57. The first kappa shape index (κ1) is 18.3. The van der Waals surface area contributed by atoms with Crippen molar-refractivity contribution in [3.8, 4) is 11.5 Å². The largest absolute Gasteiger partial charge is 0.492 e. The minimum atomic E-state index is 0.167. The zero-order valence-electron chi connectivity index (χ0n) is 12.7. The van der Waals surface area contributed by atoms with Crippen LogP contribution < -0.4 is 9.47 Å². The lowest BCUT2D eigenvalue weighted by molar-refractivity contribution is 0.315. The number of benzene rings is 2. The second kappa shape index (κ2) is 10.7. The van der Waals surface area contributed by atoms with E-state index in [9.17, 15) is 0 Å². The lowest BCUT2D eigenvalue weighted by atomic mass is 10.3. The quantitative estimate of drug-likeness (QED) is 0.542. The van der Waals surface area contributed by atoms with Crippen LogP contribution in [-0.2, 0) is 0 Å².